The normalized spacial score (nSPS) is 10.7. The fourth-order valence-electron chi connectivity index (χ4n) is 1.82. The lowest BCUT2D eigenvalue weighted by Crippen LogP contribution is -1.93. The Morgan fingerprint density at radius 1 is 1.05 bits per heavy atom. The summed E-state index contributed by atoms with van der Waals surface area (Å²) in [6, 6.07) is 7.34. The first-order valence-corrected chi connectivity index (χ1v) is 7.17. The zero-order valence-corrected chi connectivity index (χ0v) is 11.6. The molecule has 2 aromatic heterocycles. The Morgan fingerprint density at radius 3 is 2.70 bits per heavy atom. The summed E-state index contributed by atoms with van der Waals surface area (Å²) >= 11 is 1.58. The van der Waals surface area contributed by atoms with Crippen molar-refractivity contribution in [2.75, 3.05) is 12.0 Å². The zero-order chi connectivity index (χ0) is 13.9. The maximum Gasteiger partial charge on any atom is 0.182 e. The molecule has 0 spiro atoms. The fourth-order valence-corrected chi connectivity index (χ4v) is 2.36. The van der Waals surface area contributed by atoms with Crippen molar-refractivity contribution < 1.29 is 4.74 Å². The van der Waals surface area contributed by atoms with Crippen LogP contribution in [0.15, 0.2) is 47.8 Å². The summed E-state index contributed by atoms with van der Waals surface area (Å²) in [7, 11) is 0. The summed E-state index contributed by atoms with van der Waals surface area (Å²) < 4.78 is 5.88. The number of rotatable bonds is 3. The van der Waals surface area contributed by atoms with Gasteiger partial charge in [0, 0.05) is 35.2 Å². The first-order valence-electron chi connectivity index (χ1n) is 5.95. The Hall–Kier alpha value is -2.34. The number of hydrogen-bond donors (Lipinski definition) is 1. The van der Waals surface area contributed by atoms with Crippen LogP contribution in [0.4, 0.5) is 5.69 Å². The monoisotopic (exact) mass is 284 g/mol. The number of thioether (sulfide) groups is 1. The third-order valence-electron chi connectivity index (χ3n) is 2.77. The van der Waals surface area contributed by atoms with Gasteiger partial charge in [0.05, 0.1) is 0 Å². The topological polar surface area (TPSA) is 73.9 Å². The highest BCUT2D eigenvalue weighted by Crippen LogP contribution is 2.31. The maximum atomic E-state index is 5.88. The van der Waals surface area contributed by atoms with E-state index in [1.54, 1.807) is 36.4 Å². The van der Waals surface area contributed by atoms with E-state index in [1.807, 2.05) is 24.5 Å². The molecule has 2 heterocycles. The second kappa shape index (κ2) is 5.34. The first-order chi connectivity index (χ1) is 9.78. The number of hydrogen-bond acceptors (Lipinski definition) is 6. The number of ether oxygens (including phenoxy) is 1. The van der Waals surface area contributed by atoms with Crippen molar-refractivity contribution >= 4 is 28.6 Å². The van der Waals surface area contributed by atoms with Crippen LogP contribution in [0, 0.1) is 0 Å². The molecule has 0 atom stereocenters. The van der Waals surface area contributed by atoms with Crippen molar-refractivity contribution in [3.05, 3.63) is 42.9 Å². The second-order valence-corrected chi connectivity index (χ2v) is 4.89. The van der Waals surface area contributed by atoms with Crippen LogP contribution >= 0.6 is 11.8 Å². The van der Waals surface area contributed by atoms with Gasteiger partial charge in [-0.05, 0) is 24.5 Å². The van der Waals surface area contributed by atoms with Crippen LogP contribution in [0.3, 0.4) is 0 Å². The molecule has 0 aliphatic carbocycles. The van der Waals surface area contributed by atoms with Crippen LogP contribution in [0.2, 0.25) is 0 Å². The minimum atomic E-state index is 0.561. The van der Waals surface area contributed by atoms with Crippen LogP contribution in [0.25, 0.3) is 11.2 Å². The molecule has 0 radical (unpaired) electrons. The van der Waals surface area contributed by atoms with Gasteiger partial charge in [0.25, 0.3) is 0 Å². The molecule has 1 aromatic carbocycles. The van der Waals surface area contributed by atoms with Crippen LogP contribution in [-0.2, 0) is 0 Å². The molecule has 0 unspecified atom stereocenters. The molecule has 100 valence electrons. The molecule has 0 saturated carbocycles. The Labute approximate surface area is 120 Å². The molecule has 20 heavy (non-hydrogen) atoms. The van der Waals surface area contributed by atoms with E-state index in [1.165, 1.54) is 0 Å². The highest BCUT2D eigenvalue weighted by molar-refractivity contribution is 7.98. The SMILES string of the molecule is CSc1cc(Oc2ccnc3nccnc23)ccc1N. The zero-order valence-electron chi connectivity index (χ0n) is 10.8. The van der Waals surface area contributed by atoms with Gasteiger partial charge >= 0.3 is 0 Å². The van der Waals surface area contributed by atoms with Crippen LogP contribution in [-0.4, -0.2) is 21.2 Å². The van der Waals surface area contributed by atoms with Gasteiger partial charge in [-0.1, -0.05) is 0 Å². The lowest BCUT2D eigenvalue weighted by Gasteiger charge is -2.09. The predicted molar refractivity (Wildman–Crippen MR) is 80.0 cm³/mol. The van der Waals surface area contributed by atoms with Gasteiger partial charge in [0.2, 0.25) is 0 Å². The molecule has 0 saturated heterocycles. The highest BCUT2D eigenvalue weighted by atomic mass is 32.2. The largest absolute Gasteiger partial charge is 0.455 e. The number of fused-ring (bicyclic) bond motifs is 1. The standard InChI is InChI=1S/C14H12N4OS/c1-20-12-8-9(2-3-10(12)15)19-11-4-5-17-14-13(11)16-6-7-18-14/h2-8H,15H2,1H3. The van der Waals surface area contributed by atoms with Gasteiger partial charge in [0.1, 0.15) is 5.75 Å². The van der Waals surface area contributed by atoms with Crippen molar-refractivity contribution in [1.82, 2.24) is 15.0 Å². The summed E-state index contributed by atoms with van der Waals surface area (Å²) in [6.45, 7) is 0. The number of nitrogens with two attached hydrogens (primary N) is 1. The van der Waals surface area contributed by atoms with Crippen molar-refractivity contribution in [3.8, 4) is 11.5 Å². The lowest BCUT2D eigenvalue weighted by molar-refractivity contribution is 0.485. The van der Waals surface area contributed by atoms with Gasteiger partial charge in [-0.2, -0.15) is 0 Å². The summed E-state index contributed by atoms with van der Waals surface area (Å²) in [5.74, 6) is 1.33. The lowest BCUT2D eigenvalue weighted by atomic mass is 10.3. The second-order valence-electron chi connectivity index (χ2n) is 4.04. The van der Waals surface area contributed by atoms with Crippen LogP contribution in [0.1, 0.15) is 0 Å². The first kappa shape index (κ1) is 12.7. The molecule has 3 aromatic rings. The summed E-state index contributed by atoms with van der Waals surface area (Å²) in [5, 5.41) is 0. The average molecular weight is 284 g/mol. The number of pyridine rings is 1. The summed E-state index contributed by atoms with van der Waals surface area (Å²) in [6.07, 6.45) is 6.85. The molecule has 0 aliphatic heterocycles. The van der Waals surface area contributed by atoms with Crippen molar-refractivity contribution in [1.29, 1.82) is 0 Å². The molecule has 0 aliphatic rings. The Balaban J connectivity index is 2.01. The van der Waals surface area contributed by atoms with E-state index >= 15 is 0 Å². The minimum absolute atomic E-state index is 0.561. The molecular weight excluding hydrogens is 272 g/mol. The van der Waals surface area contributed by atoms with E-state index in [9.17, 15) is 0 Å². The Morgan fingerprint density at radius 2 is 1.85 bits per heavy atom. The quantitative estimate of drug-likeness (QED) is 0.588. The number of nitrogens with zero attached hydrogens (tertiary/aromatic N) is 3. The summed E-state index contributed by atoms with van der Waals surface area (Å²) in [4.78, 5) is 13.5. The van der Waals surface area contributed by atoms with E-state index in [4.69, 9.17) is 10.5 Å². The smallest absolute Gasteiger partial charge is 0.182 e. The fraction of sp³-hybridized carbons (Fsp3) is 0.0714. The van der Waals surface area contributed by atoms with Gasteiger partial charge in [-0.25, -0.2) is 15.0 Å². The minimum Gasteiger partial charge on any atom is -0.455 e. The number of benzene rings is 1. The molecule has 0 fully saturated rings. The molecule has 3 rings (SSSR count). The molecular formula is C14H12N4OS. The van der Waals surface area contributed by atoms with Crippen LogP contribution in [0.5, 0.6) is 11.5 Å². The van der Waals surface area contributed by atoms with E-state index in [0.29, 0.717) is 22.7 Å². The predicted octanol–water partition coefficient (Wildman–Crippen LogP) is 3.12. The van der Waals surface area contributed by atoms with Crippen molar-refractivity contribution in [3.63, 3.8) is 0 Å². The van der Waals surface area contributed by atoms with Gasteiger partial charge in [-0.15, -0.1) is 11.8 Å². The Kier molecular flexibility index (Phi) is 3.39. The average Bonchev–Trinajstić information content (AvgIpc) is 2.49. The third kappa shape index (κ3) is 2.37. The Bertz CT molecular complexity index is 758. The molecule has 0 amide bonds. The third-order valence-corrected chi connectivity index (χ3v) is 3.56. The van der Waals surface area contributed by atoms with Gasteiger partial charge < -0.3 is 10.5 Å². The van der Waals surface area contributed by atoms with Crippen LogP contribution < -0.4 is 10.5 Å². The number of aromatic nitrogens is 3. The van der Waals surface area contributed by atoms with E-state index in [2.05, 4.69) is 15.0 Å². The van der Waals surface area contributed by atoms with E-state index in [0.717, 1.165) is 10.6 Å². The van der Waals surface area contributed by atoms with Gasteiger partial charge in [0.15, 0.2) is 16.9 Å². The number of anilines is 1. The van der Waals surface area contributed by atoms with Gasteiger partial charge in [-0.3, -0.25) is 0 Å². The molecule has 2 N–H and O–H groups in total. The van der Waals surface area contributed by atoms with Crippen molar-refractivity contribution in [2.24, 2.45) is 0 Å². The molecule has 0 bridgehead atoms. The highest BCUT2D eigenvalue weighted by Gasteiger charge is 2.07. The molecule has 6 heteroatoms. The molecule has 5 nitrogen and oxygen atoms in total. The van der Waals surface area contributed by atoms with Crippen molar-refractivity contribution in [2.45, 2.75) is 4.90 Å². The number of nitrogen functional groups attached to an aromatic ring is 1. The summed E-state index contributed by atoms with van der Waals surface area (Å²) in [5.41, 5.74) is 7.81. The van der Waals surface area contributed by atoms with E-state index in [-0.39, 0.29) is 0 Å². The van der Waals surface area contributed by atoms with E-state index < -0.39 is 0 Å². The maximum absolute atomic E-state index is 5.88.